The van der Waals surface area contributed by atoms with E-state index in [1.54, 1.807) is 7.11 Å². The van der Waals surface area contributed by atoms with Gasteiger partial charge in [-0.15, -0.1) is 12.4 Å². The first-order chi connectivity index (χ1) is 9.74. The van der Waals surface area contributed by atoms with Crippen LogP contribution < -0.4 is 5.73 Å². The van der Waals surface area contributed by atoms with E-state index in [1.165, 1.54) is 5.56 Å². The zero-order valence-electron chi connectivity index (χ0n) is 12.5. The van der Waals surface area contributed by atoms with Crippen LogP contribution in [0, 0.1) is 0 Å². The van der Waals surface area contributed by atoms with Crippen molar-refractivity contribution in [2.24, 2.45) is 5.73 Å². The van der Waals surface area contributed by atoms with Crippen molar-refractivity contribution in [2.75, 3.05) is 20.2 Å². The van der Waals surface area contributed by atoms with Crippen molar-refractivity contribution < 1.29 is 9.53 Å². The summed E-state index contributed by atoms with van der Waals surface area (Å²) in [5.41, 5.74) is 6.88. The van der Waals surface area contributed by atoms with Gasteiger partial charge in [0, 0.05) is 26.2 Å². The molecule has 0 aromatic heterocycles. The minimum absolute atomic E-state index is 0. The molecule has 21 heavy (non-hydrogen) atoms. The van der Waals surface area contributed by atoms with Crippen molar-refractivity contribution in [3.63, 3.8) is 0 Å². The number of carbonyl (C=O) groups excluding carboxylic acids is 1. The summed E-state index contributed by atoms with van der Waals surface area (Å²) >= 11 is 0. The average molecular weight is 313 g/mol. The fourth-order valence-corrected chi connectivity index (χ4v) is 2.84. The van der Waals surface area contributed by atoms with Crippen molar-refractivity contribution in [1.29, 1.82) is 0 Å². The van der Waals surface area contributed by atoms with Crippen LogP contribution in [0.2, 0.25) is 0 Å². The number of likely N-dealkylation sites (tertiary alicyclic amines) is 1. The third-order valence-electron chi connectivity index (χ3n) is 4.01. The summed E-state index contributed by atoms with van der Waals surface area (Å²) in [6.07, 6.45) is 3.33. The van der Waals surface area contributed by atoms with Crippen LogP contribution >= 0.6 is 12.4 Å². The second kappa shape index (κ2) is 9.03. The van der Waals surface area contributed by atoms with Crippen LogP contribution in [0.4, 0.5) is 0 Å². The molecule has 0 radical (unpaired) electrons. The largest absolute Gasteiger partial charge is 0.380 e. The second-order valence-electron chi connectivity index (χ2n) is 5.37. The van der Waals surface area contributed by atoms with E-state index < -0.39 is 0 Å². The lowest BCUT2D eigenvalue weighted by Crippen LogP contribution is -2.40. The number of rotatable bonds is 6. The molecule has 1 amide bonds. The highest BCUT2D eigenvalue weighted by Crippen LogP contribution is 2.22. The van der Waals surface area contributed by atoms with Crippen LogP contribution in [-0.2, 0) is 16.0 Å². The standard InChI is InChI=1S/C16H24N2O2.ClH/c1-20-15(12-17)11-16(19)18-9-5-8-14(18)10-13-6-3-2-4-7-13;/h2-4,6-7,14-15H,5,8-12,17H2,1H3;1H. The predicted molar refractivity (Wildman–Crippen MR) is 86.6 cm³/mol. The third kappa shape index (κ3) is 4.99. The number of benzene rings is 1. The molecule has 1 aliphatic heterocycles. The van der Waals surface area contributed by atoms with Crippen molar-refractivity contribution in [1.82, 2.24) is 4.90 Å². The third-order valence-corrected chi connectivity index (χ3v) is 4.01. The Morgan fingerprint density at radius 2 is 2.14 bits per heavy atom. The smallest absolute Gasteiger partial charge is 0.225 e. The van der Waals surface area contributed by atoms with Crippen molar-refractivity contribution >= 4 is 18.3 Å². The van der Waals surface area contributed by atoms with Gasteiger partial charge in [0.25, 0.3) is 0 Å². The molecule has 2 atom stereocenters. The lowest BCUT2D eigenvalue weighted by molar-refractivity contribution is -0.134. The summed E-state index contributed by atoms with van der Waals surface area (Å²) in [6, 6.07) is 10.7. The molecule has 4 nitrogen and oxygen atoms in total. The maximum Gasteiger partial charge on any atom is 0.225 e. The molecule has 1 aromatic rings. The number of methoxy groups -OCH3 is 1. The van der Waals surface area contributed by atoms with Gasteiger partial charge in [0.1, 0.15) is 0 Å². The van der Waals surface area contributed by atoms with Gasteiger partial charge in [-0.3, -0.25) is 4.79 Å². The first kappa shape index (κ1) is 18.0. The molecular formula is C16H25ClN2O2. The van der Waals surface area contributed by atoms with Crippen molar-refractivity contribution in [3.8, 4) is 0 Å². The molecule has 1 saturated heterocycles. The highest BCUT2D eigenvalue weighted by atomic mass is 35.5. The Balaban J connectivity index is 0.00000220. The van der Waals surface area contributed by atoms with E-state index >= 15 is 0 Å². The zero-order valence-corrected chi connectivity index (χ0v) is 13.3. The number of nitrogens with two attached hydrogens (primary N) is 1. The molecule has 2 rings (SSSR count). The fourth-order valence-electron chi connectivity index (χ4n) is 2.84. The Labute approximate surface area is 133 Å². The van der Waals surface area contributed by atoms with Gasteiger partial charge in [0.05, 0.1) is 12.5 Å². The Bertz CT molecular complexity index is 424. The first-order valence-corrected chi connectivity index (χ1v) is 7.31. The second-order valence-corrected chi connectivity index (χ2v) is 5.37. The molecule has 0 saturated carbocycles. The van der Waals surface area contributed by atoms with E-state index in [1.807, 2.05) is 23.1 Å². The SMILES string of the molecule is COC(CN)CC(=O)N1CCCC1Cc1ccccc1.Cl. The van der Waals surface area contributed by atoms with Crippen molar-refractivity contribution in [2.45, 2.75) is 37.8 Å². The van der Waals surface area contributed by atoms with Crippen LogP contribution in [-0.4, -0.2) is 43.2 Å². The lowest BCUT2D eigenvalue weighted by atomic mass is 10.0. The summed E-state index contributed by atoms with van der Waals surface area (Å²) in [4.78, 5) is 14.4. The van der Waals surface area contributed by atoms with Crippen LogP contribution in [0.3, 0.4) is 0 Å². The molecule has 2 N–H and O–H groups in total. The van der Waals surface area contributed by atoms with E-state index in [-0.39, 0.29) is 24.4 Å². The monoisotopic (exact) mass is 312 g/mol. The number of ether oxygens (including phenoxy) is 1. The van der Waals surface area contributed by atoms with Crippen molar-refractivity contribution in [3.05, 3.63) is 35.9 Å². The molecule has 2 unspecified atom stereocenters. The highest BCUT2D eigenvalue weighted by molar-refractivity contribution is 5.85. The average Bonchev–Trinajstić information content (AvgIpc) is 2.94. The van der Waals surface area contributed by atoms with E-state index in [2.05, 4.69) is 12.1 Å². The molecule has 1 aliphatic rings. The van der Waals surface area contributed by atoms with Gasteiger partial charge in [-0.25, -0.2) is 0 Å². The molecule has 0 bridgehead atoms. The highest BCUT2D eigenvalue weighted by Gasteiger charge is 2.29. The van der Waals surface area contributed by atoms with Crippen LogP contribution in [0.15, 0.2) is 30.3 Å². The normalized spacial score (nSPS) is 19.1. The van der Waals surface area contributed by atoms with Gasteiger partial charge >= 0.3 is 0 Å². The predicted octanol–water partition coefficient (Wildman–Crippen LogP) is 2.01. The maximum atomic E-state index is 12.4. The fraction of sp³-hybridized carbons (Fsp3) is 0.562. The van der Waals surface area contributed by atoms with E-state index in [9.17, 15) is 4.79 Å². The van der Waals surface area contributed by atoms with Crippen LogP contribution in [0.1, 0.15) is 24.8 Å². The molecule has 1 aromatic carbocycles. The number of hydrogen-bond donors (Lipinski definition) is 1. The molecule has 118 valence electrons. The van der Waals surface area contributed by atoms with Gasteiger partial charge in [-0.2, -0.15) is 0 Å². The Morgan fingerprint density at radius 3 is 2.76 bits per heavy atom. The first-order valence-electron chi connectivity index (χ1n) is 7.31. The quantitative estimate of drug-likeness (QED) is 0.874. The molecule has 1 fully saturated rings. The summed E-state index contributed by atoms with van der Waals surface area (Å²) < 4.78 is 5.21. The summed E-state index contributed by atoms with van der Waals surface area (Å²) in [7, 11) is 1.61. The van der Waals surface area contributed by atoms with Gasteiger partial charge in [-0.05, 0) is 24.8 Å². The Kier molecular flexibility index (Phi) is 7.72. The Morgan fingerprint density at radius 1 is 1.43 bits per heavy atom. The maximum absolute atomic E-state index is 12.4. The number of hydrogen-bond acceptors (Lipinski definition) is 3. The number of carbonyl (C=O) groups is 1. The minimum Gasteiger partial charge on any atom is -0.380 e. The number of nitrogens with zero attached hydrogens (tertiary/aromatic N) is 1. The number of amides is 1. The molecule has 1 heterocycles. The summed E-state index contributed by atoms with van der Waals surface area (Å²) in [6.45, 7) is 1.25. The van der Waals surface area contributed by atoms with Crippen LogP contribution in [0.25, 0.3) is 0 Å². The zero-order chi connectivity index (χ0) is 14.4. The lowest BCUT2D eigenvalue weighted by Gasteiger charge is -2.26. The van der Waals surface area contributed by atoms with E-state index in [0.717, 1.165) is 25.8 Å². The van der Waals surface area contributed by atoms with Gasteiger partial charge in [0.15, 0.2) is 0 Å². The van der Waals surface area contributed by atoms with E-state index in [0.29, 0.717) is 19.0 Å². The van der Waals surface area contributed by atoms with Gasteiger partial charge in [-0.1, -0.05) is 30.3 Å². The molecule has 0 aliphatic carbocycles. The summed E-state index contributed by atoms with van der Waals surface area (Å²) in [5.74, 6) is 0.167. The minimum atomic E-state index is -0.166. The molecule has 5 heteroatoms. The van der Waals surface area contributed by atoms with Gasteiger partial charge < -0.3 is 15.4 Å². The van der Waals surface area contributed by atoms with Crippen LogP contribution in [0.5, 0.6) is 0 Å². The molecule has 0 spiro atoms. The molecular weight excluding hydrogens is 288 g/mol. The Hall–Kier alpha value is -1.10. The van der Waals surface area contributed by atoms with E-state index in [4.69, 9.17) is 10.5 Å². The van der Waals surface area contributed by atoms with Gasteiger partial charge in [0.2, 0.25) is 5.91 Å². The summed E-state index contributed by atoms with van der Waals surface area (Å²) in [5, 5.41) is 0. The topological polar surface area (TPSA) is 55.6 Å². The number of halogens is 1.